The van der Waals surface area contributed by atoms with Gasteiger partial charge in [0.15, 0.2) is 11.6 Å². The zero-order chi connectivity index (χ0) is 15.4. The first-order valence-electron chi connectivity index (χ1n) is 6.15. The van der Waals surface area contributed by atoms with Crippen LogP contribution in [0.25, 0.3) is 0 Å². The molecule has 110 valence electrons. The van der Waals surface area contributed by atoms with Crippen molar-refractivity contribution in [3.63, 3.8) is 0 Å². The van der Waals surface area contributed by atoms with E-state index in [1.54, 1.807) is 6.92 Å². The molecule has 2 aromatic rings. The van der Waals surface area contributed by atoms with E-state index in [-0.39, 0.29) is 12.3 Å². The highest BCUT2D eigenvalue weighted by Gasteiger charge is 2.08. The molecule has 0 unspecified atom stereocenters. The molecule has 2 rings (SSSR count). The number of nitrogens with one attached hydrogen (secondary N) is 1. The van der Waals surface area contributed by atoms with E-state index in [1.807, 2.05) is 12.3 Å². The number of hydrogen-bond acceptors (Lipinski definition) is 4. The zero-order valence-electron chi connectivity index (χ0n) is 11.5. The fourth-order valence-electron chi connectivity index (χ4n) is 1.59. The van der Waals surface area contributed by atoms with Gasteiger partial charge in [0, 0.05) is 16.6 Å². The minimum atomic E-state index is -0.952. The second-order valence-electron chi connectivity index (χ2n) is 4.42. The minimum Gasteiger partial charge on any atom is -0.273 e. The van der Waals surface area contributed by atoms with Crippen molar-refractivity contribution < 1.29 is 13.6 Å². The van der Waals surface area contributed by atoms with Gasteiger partial charge in [-0.1, -0.05) is 0 Å². The number of hydrogen-bond donors (Lipinski definition) is 1. The van der Waals surface area contributed by atoms with Gasteiger partial charge in [-0.15, -0.1) is 11.3 Å². The Hall–Kier alpha value is -2.15. The summed E-state index contributed by atoms with van der Waals surface area (Å²) < 4.78 is 25.9. The van der Waals surface area contributed by atoms with Crippen molar-refractivity contribution in [2.24, 2.45) is 5.10 Å². The largest absolute Gasteiger partial charge is 0.273 e. The van der Waals surface area contributed by atoms with E-state index in [9.17, 15) is 13.6 Å². The van der Waals surface area contributed by atoms with Crippen LogP contribution in [0.2, 0.25) is 0 Å². The van der Waals surface area contributed by atoms with Crippen LogP contribution < -0.4 is 5.43 Å². The first-order valence-corrected chi connectivity index (χ1v) is 7.03. The summed E-state index contributed by atoms with van der Waals surface area (Å²) >= 11 is 1.40. The van der Waals surface area contributed by atoms with Crippen molar-refractivity contribution in [2.75, 3.05) is 0 Å². The third kappa shape index (κ3) is 4.16. The lowest BCUT2D eigenvalue weighted by Crippen LogP contribution is -2.21. The molecular formula is C14H13F2N3OS. The molecule has 1 amide bonds. The lowest BCUT2D eigenvalue weighted by atomic mass is 10.1. The highest BCUT2D eigenvalue weighted by Crippen LogP contribution is 2.10. The molecule has 0 spiro atoms. The number of benzene rings is 1. The van der Waals surface area contributed by atoms with E-state index >= 15 is 0 Å². The van der Waals surface area contributed by atoms with Crippen molar-refractivity contribution in [3.8, 4) is 0 Å². The fourth-order valence-corrected chi connectivity index (χ4v) is 2.36. The van der Waals surface area contributed by atoms with E-state index in [0.29, 0.717) is 16.3 Å². The van der Waals surface area contributed by atoms with Crippen LogP contribution in [0, 0.1) is 18.6 Å². The standard InChI is InChI=1S/C14H13F2N3OS/c1-8-7-21-14(17-8)6-13(20)19-18-9(2)10-3-4-11(15)12(16)5-10/h3-5,7H,6H2,1-2H3,(H,19,20)/b18-9-. The molecule has 4 nitrogen and oxygen atoms in total. The lowest BCUT2D eigenvalue weighted by molar-refractivity contribution is -0.120. The number of thiazole rings is 1. The first-order chi connectivity index (χ1) is 9.95. The number of hydrazone groups is 1. The molecule has 0 aliphatic heterocycles. The summed E-state index contributed by atoms with van der Waals surface area (Å²) in [5.74, 6) is -2.19. The first kappa shape index (κ1) is 15.2. The maximum absolute atomic E-state index is 13.1. The quantitative estimate of drug-likeness (QED) is 0.697. The fraction of sp³-hybridized carbons (Fsp3) is 0.214. The van der Waals surface area contributed by atoms with Gasteiger partial charge < -0.3 is 0 Å². The van der Waals surface area contributed by atoms with Gasteiger partial charge in [-0.25, -0.2) is 19.2 Å². The predicted octanol–water partition coefficient (Wildman–Crippen LogP) is 2.81. The molecule has 1 aromatic heterocycles. The summed E-state index contributed by atoms with van der Waals surface area (Å²) in [6.07, 6.45) is 0.132. The van der Waals surface area contributed by atoms with Gasteiger partial charge in [-0.3, -0.25) is 4.79 Å². The van der Waals surface area contributed by atoms with Gasteiger partial charge in [0.25, 0.3) is 0 Å². The Morgan fingerprint density at radius 3 is 2.76 bits per heavy atom. The average molecular weight is 309 g/mol. The number of aryl methyl sites for hydroxylation is 1. The maximum atomic E-state index is 13.1. The summed E-state index contributed by atoms with van der Waals surface area (Å²) in [6.45, 7) is 3.45. The van der Waals surface area contributed by atoms with E-state index in [2.05, 4.69) is 15.5 Å². The third-order valence-electron chi connectivity index (χ3n) is 2.66. The molecule has 7 heteroatoms. The van der Waals surface area contributed by atoms with E-state index in [0.717, 1.165) is 17.8 Å². The highest BCUT2D eigenvalue weighted by atomic mass is 32.1. The van der Waals surface area contributed by atoms with Gasteiger partial charge in [-0.2, -0.15) is 5.10 Å². The summed E-state index contributed by atoms with van der Waals surface area (Å²) in [5, 5.41) is 6.43. The van der Waals surface area contributed by atoms with Crippen LogP contribution in [0.15, 0.2) is 28.7 Å². The molecular weight excluding hydrogens is 296 g/mol. The van der Waals surface area contributed by atoms with Crippen LogP contribution >= 0.6 is 11.3 Å². The summed E-state index contributed by atoms with van der Waals surface area (Å²) in [7, 11) is 0. The van der Waals surface area contributed by atoms with E-state index < -0.39 is 11.6 Å². The molecule has 0 fully saturated rings. The number of rotatable bonds is 4. The molecule has 1 N–H and O–H groups in total. The van der Waals surface area contributed by atoms with Gasteiger partial charge >= 0.3 is 0 Å². The van der Waals surface area contributed by atoms with Crippen LogP contribution in [0.1, 0.15) is 23.2 Å². The van der Waals surface area contributed by atoms with E-state index in [4.69, 9.17) is 0 Å². The molecule has 0 saturated carbocycles. The van der Waals surface area contributed by atoms with Crippen LogP contribution in [0.5, 0.6) is 0 Å². The molecule has 0 aliphatic rings. The molecule has 21 heavy (non-hydrogen) atoms. The van der Waals surface area contributed by atoms with Gasteiger partial charge in [0.05, 0.1) is 12.1 Å². The van der Waals surface area contributed by atoms with E-state index in [1.165, 1.54) is 17.4 Å². The number of halogens is 2. The van der Waals surface area contributed by atoms with Crippen molar-refractivity contribution in [1.82, 2.24) is 10.4 Å². The maximum Gasteiger partial charge on any atom is 0.246 e. The molecule has 0 radical (unpaired) electrons. The summed E-state index contributed by atoms with van der Waals surface area (Å²) in [4.78, 5) is 15.9. The SMILES string of the molecule is C/C(=N/NC(=O)Cc1nc(C)cs1)c1ccc(F)c(F)c1. The average Bonchev–Trinajstić information content (AvgIpc) is 2.84. The number of carbonyl (C=O) groups excluding carboxylic acids is 1. The molecule has 0 aliphatic carbocycles. The second kappa shape index (κ2) is 6.53. The van der Waals surface area contributed by atoms with Crippen molar-refractivity contribution in [2.45, 2.75) is 20.3 Å². The summed E-state index contributed by atoms with van der Waals surface area (Å²) in [5.41, 5.74) is 4.03. The third-order valence-corrected chi connectivity index (χ3v) is 3.63. The predicted molar refractivity (Wildman–Crippen MR) is 77.3 cm³/mol. The highest BCUT2D eigenvalue weighted by molar-refractivity contribution is 7.09. The Morgan fingerprint density at radius 2 is 2.14 bits per heavy atom. The molecule has 1 aromatic carbocycles. The molecule has 0 saturated heterocycles. The second-order valence-corrected chi connectivity index (χ2v) is 5.36. The number of amides is 1. The Morgan fingerprint density at radius 1 is 1.38 bits per heavy atom. The Labute approximate surface area is 124 Å². The van der Waals surface area contributed by atoms with Crippen molar-refractivity contribution >= 4 is 23.0 Å². The van der Waals surface area contributed by atoms with Gasteiger partial charge in [-0.05, 0) is 32.0 Å². The molecule has 1 heterocycles. The molecule has 0 atom stereocenters. The Balaban J connectivity index is 1.99. The number of nitrogens with zero attached hydrogens (tertiary/aromatic N) is 2. The van der Waals surface area contributed by atoms with Crippen LogP contribution in [0.3, 0.4) is 0 Å². The smallest absolute Gasteiger partial charge is 0.246 e. The Bertz CT molecular complexity index is 697. The van der Waals surface area contributed by atoms with Crippen molar-refractivity contribution in [1.29, 1.82) is 0 Å². The Kier molecular flexibility index (Phi) is 4.74. The topological polar surface area (TPSA) is 54.4 Å². The number of aromatic nitrogens is 1. The van der Waals surface area contributed by atoms with Gasteiger partial charge in [0.2, 0.25) is 5.91 Å². The van der Waals surface area contributed by atoms with Gasteiger partial charge in [0.1, 0.15) is 5.01 Å². The zero-order valence-corrected chi connectivity index (χ0v) is 12.3. The number of carbonyl (C=O) groups is 1. The normalized spacial score (nSPS) is 11.5. The van der Waals surface area contributed by atoms with Crippen LogP contribution in [0.4, 0.5) is 8.78 Å². The van der Waals surface area contributed by atoms with Crippen LogP contribution in [-0.2, 0) is 11.2 Å². The minimum absolute atomic E-state index is 0.132. The van der Waals surface area contributed by atoms with Crippen LogP contribution in [-0.4, -0.2) is 16.6 Å². The molecule has 0 bridgehead atoms. The monoisotopic (exact) mass is 309 g/mol. The lowest BCUT2D eigenvalue weighted by Gasteiger charge is -2.03. The van der Waals surface area contributed by atoms with Crippen molar-refractivity contribution in [3.05, 3.63) is 51.5 Å². The summed E-state index contributed by atoms with van der Waals surface area (Å²) in [6, 6.07) is 3.45.